The highest BCUT2D eigenvalue weighted by atomic mass is 16.5. The van der Waals surface area contributed by atoms with E-state index in [9.17, 15) is 25.2 Å². The van der Waals surface area contributed by atoms with Crippen LogP contribution in [-0.4, -0.2) is 40.6 Å². The zero-order valence-corrected chi connectivity index (χ0v) is 14.2. The maximum Gasteiger partial charge on any atom is 0.244 e. The lowest BCUT2D eigenvalue weighted by Gasteiger charge is -2.09. The van der Waals surface area contributed by atoms with Gasteiger partial charge in [0.1, 0.15) is 0 Å². The van der Waals surface area contributed by atoms with Crippen molar-refractivity contribution in [3.05, 3.63) is 41.5 Å². The van der Waals surface area contributed by atoms with Crippen LogP contribution in [0.4, 0.5) is 0 Å². The van der Waals surface area contributed by atoms with E-state index in [-0.39, 0.29) is 29.4 Å². The van der Waals surface area contributed by atoms with Gasteiger partial charge in [-0.3, -0.25) is 4.79 Å². The Morgan fingerprint density at radius 2 is 1.62 bits per heavy atom. The van der Waals surface area contributed by atoms with E-state index in [1.165, 1.54) is 50.6 Å². The first-order valence-electron chi connectivity index (χ1n) is 7.51. The number of benzene rings is 2. The molecule has 0 atom stereocenters. The molecule has 2 aromatic rings. The molecule has 2 rings (SSSR count). The smallest absolute Gasteiger partial charge is 0.244 e. The molecule has 0 fully saturated rings. The summed E-state index contributed by atoms with van der Waals surface area (Å²) in [4.78, 5) is 11.9. The fourth-order valence-corrected chi connectivity index (χ4v) is 2.18. The number of phenols is 4. The molecule has 138 valence electrons. The molecule has 0 aromatic heterocycles. The molecule has 26 heavy (non-hydrogen) atoms. The third kappa shape index (κ3) is 4.10. The Labute approximate surface area is 149 Å². The average Bonchev–Trinajstić information content (AvgIpc) is 2.64. The molecule has 0 aliphatic rings. The fourth-order valence-electron chi connectivity index (χ4n) is 2.18. The minimum absolute atomic E-state index is 0.0505. The molecule has 0 saturated carbocycles. The van der Waals surface area contributed by atoms with Crippen LogP contribution < -0.4 is 14.8 Å². The molecule has 2 aromatic carbocycles. The average molecular weight is 361 g/mol. The standard InChI is InChI=1S/C18H19NO7/c1-25-13-7-10(8-14(26-2)18(13)24)3-6-15(21)19-9-11-4-5-12(20)17(23)16(11)22/h3-8,20,22-24H,9H2,1-2H3,(H,19,21)/b6-3+. The van der Waals surface area contributed by atoms with E-state index in [0.29, 0.717) is 5.56 Å². The summed E-state index contributed by atoms with van der Waals surface area (Å²) in [5.74, 6) is -1.78. The Bertz CT molecular complexity index is 821. The maximum absolute atomic E-state index is 11.9. The predicted molar refractivity (Wildman–Crippen MR) is 93.5 cm³/mol. The predicted octanol–water partition coefficient (Wildman–Crippen LogP) is 1.86. The Morgan fingerprint density at radius 1 is 1.00 bits per heavy atom. The van der Waals surface area contributed by atoms with Gasteiger partial charge in [0.15, 0.2) is 23.0 Å². The number of methoxy groups -OCH3 is 2. The summed E-state index contributed by atoms with van der Waals surface area (Å²) in [6.45, 7) is -0.0505. The number of ether oxygens (including phenoxy) is 2. The molecule has 0 aliphatic heterocycles. The summed E-state index contributed by atoms with van der Waals surface area (Å²) >= 11 is 0. The number of hydrogen-bond acceptors (Lipinski definition) is 7. The number of rotatable bonds is 6. The number of amides is 1. The number of hydrogen-bond donors (Lipinski definition) is 5. The largest absolute Gasteiger partial charge is 0.504 e. The van der Waals surface area contributed by atoms with Crippen molar-refractivity contribution in [2.24, 2.45) is 0 Å². The van der Waals surface area contributed by atoms with Crippen LogP contribution in [0.25, 0.3) is 6.08 Å². The van der Waals surface area contributed by atoms with Gasteiger partial charge < -0.3 is 35.2 Å². The van der Waals surface area contributed by atoms with Crippen molar-refractivity contribution < 1.29 is 34.7 Å². The lowest BCUT2D eigenvalue weighted by atomic mass is 10.1. The second kappa shape index (κ2) is 8.02. The lowest BCUT2D eigenvalue weighted by molar-refractivity contribution is -0.116. The summed E-state index contributed by atoms with van der Waals surface area (Å²) in [6.07, 6.45) is 2.75. The van der Waals surface area contributed by atoms with Crippen molar-refractivity contribution in [3.63, 3.8) is 0 Å². The number of aromatic hydroxyl groups is 4. The number of carbonyl (C=O) groups is 1. The van der Waals surface area contributed by atoms with Crippen LogP contribution in [0.2, 0.25) is 0 Å². The molecule has 5 N–H and O–H groups in total. The van der Waals surface area contributed by atoms with E-state index in [1.807, 2.05) is 0 Å². The molecule has 0 unspecified atom stereocenters. The van der Waals surface area contributed by atoms with Crippen LogP contribution in [0, 0.1) is 0 Å². The van der Waals surface area contributed by atoms with Crippen molar-refractivity contribution in [2.45, 2.75) is 6.54 Å². The van der Waals surface area contributed by atoms with Crippen molar-refractivity contribution >= 4 is 12.0 Å². The quantitative estimate of drug-likeness (QED) is 0.392. The molecule has 1 amide bonds. The van der Waals surface area contributed by atoms with E-state index in [1.54, 1.807) is 0 Å². The van der Waals surface area contributed by atoms with Crippen molar-refractivity contribution in [3.8, 4) is 34.5 Å². The van der Waals surface area contributed by atoms with Gasteiger partial charge in [-0.15, -0.1) is 0 Å². The van der Waals surface area contributed by atoms with Crippen LogP contribution in [0.5, 0.6) is 34.5 Å². The van der Waals surface area contributed by atoms with Gasteiger partial charge in [0.2, 0.25) is 17.4 Å². The molecule has 8 nitrogen and oxygen atoms in total. The summed E-state index contributed by atoms with van der Waals surface area (Å²) < 4.78 is 10.1. The second-order valence-corrected chi connectivity index (χ2v) is 5.27. The molecule has 0 aliphatic carbocycles. The first-order chi connectivity index (χ1) is 12.4. The van der Waals surface area contributed by atoms with E-state index >= 15 is 0 Å². The van der Waals surface area contributed by atoms with E-state index in [4.69, 9.17) is 9.47 Å². The van der Waals surface area contributed by atoms with Crippen molar-refractivity contribution in [1.82, 2.24) is 5.32 Å². The highest BCUT2D eigenvalue weighted by Crippen LogP contribution is 2.38. The van der Waals surface area contributed by atoms with Gasteiger partial charge in [0.25, 0.3) is 0 Å². The van der Waals surface area contributed by atoms with Crippen LogP contribution in [0.1, 0.15) is 11.1 Å². The molecule has 0 spiro atoms. The van der Waals surface area contributed by atoms with Crippen LogP contribution in [0.15, 0.2) is 30.3 Å². The first kappa shape index (κ1) is 18.8. The molecule has 0 bridgehead atoms. The van der Waals surface area contributed by atoms with Crippen molar-refractivity contribution in [2.75, 3.05) is 14.2 Å². The third-order valence-corrected chi connectivity index (χ3v) is 3.60. The normalized spacial score (nSPS) is 10.7. The molecule has 8 heteroatoms. The SMILES string of the molecule is COc1cc(/C=C/C(=O)NCc2ccc(O)c(O)c2O)cc(OC)c1O. The summed E-state index contributed by atoms with van der Waals surface area (Å²) in [6, 6.07) is 5.66. The van der Waals surface area contributed by atoms with Crippen LogP contribution in [-0.2, 0) is 11.3 Å². The van der Waals surface area contributed by atoms with Gasteiger partial charge in [0, 0.05) is 18.2 Å². The summed E-state index contributed by atoms with van der Waals surface area (Å²) in [5.41, 5.74) is 0.812. The summed E-state index contributed by atoms with van der Waals surface area (Å²) in [7, 11) is 2.79. The maximum atomic E-state index is 11.9. The minimum atomic E-state index is -0.643. The second-order valence-electron chi connectivity index (χ2n) is 5.27. The van der Waals surface area contributed by atoms with Crippen LogP contribution in [0.3, 0.4) is 0 Å². The Balaban J connectivity index is 2.07. The summed E-state index contributed by atoms with van der Waals surface area (Å²) in [5, 5.41) is 40.8. The van der Waals surface area contributed by atoms with Crippen molar-refractivity contribution in [1.29, 1.82) is 0 Å². The number of carbonyl (C=O) groups excluding carboxylic acids is 1. The monoisotopic (exact) mass is 361 g/mol. The molecule has 0 saturated heterocycles. The van der Waals surface area contributed by atoms with Gasteiger partial charge >= 0.3 is 0 Å². The Morgan fingerprint density at radius 3 is 2.19 bits per heavy atom. The number of phenolic OH excluding ortho intramolecular Hbond substituents is 4. The van der Waals surface area contributed by atoms with E-state index in [0.717, 1.165) is 0 Å². The topological polar surface area (TPSA) is 128 Å². The zero-order chi connectivity index (χ0) is 19.3. The van der Waals surface area contributed by atoms with Crippen LogP contribution >= 0.6 is 0 Å². The first-order valence-corrected chi connectivity index (χ1v) is 7.51. The molecule has 0 heterocycles. The highest BCUT2D eigenvalue weighted by molar-refractivity contribution is 5.92. The molecular weight excluding hydrogens is 342 g/mol. The third-order valence-electron chi connectivity index (χ3n) is 3.60. The lowest BCUT2D eigenvalue weighted by Crippen LogP contribution is -2.20. The van der Waals surface area contributed by atoms with Gasteiger partial charge in [-0.2, -0.15) is 0 Å². The van der Waals surface area contributed by atoms with Gasteiger partial charge in [-0.05, 0) is 35.9 Å². The number of nitrogens with one attached hydrogen (secondary N) is 1. The van der Waals surface area contributed by atoms with Gasteiger partial charge in [0.05, 0.1) is 14.2 Å². The highest BCUT2D eigenvalue weighted by Gasteiger charge is 2.12. The molecular formula is C18H19NO7. The minimum Gasteiger partial charge on any atom is -0.504 e. The van der Waals surface area contributed by atoms with Gasteiger partial charge in [-0.1, -0.05) is 0 Å². The van der Waals surface area contributed by atoms with E-state index < -0.39 is 23.2 Å². The Hall–Kier alpha value is -3.55. The zero-order valence-electron chi connectivity index (χ0n) is 14.2. The molecule has 0 radical (unpaired) electrons. The Kier molecular flexibility index (Phi) is 5.79. The van der Waals surface area contributed by atoms with E-state index in [2.05, 4.69) is 5.32 Å². The fraction of sp³-hybridized carbons (Fsp3) is 0.167. The van der Waals surface area contributed by atoms with Gasteiger partial charge in [-0.25, -0.2) is 0 Å².